The van der Waals surface area contributed by atoms with Gasteiger partial charge < -0.3 is 14.7 Å². The van der Waals surface area contributed by atoms with Gasteiger partial charge in [-0.25, -0.2) is 18.9 Å². The van der Waals surface area contributed by atoms with Crippen LogP contribution in [0, 0.1) is 11.6 Å². The Balaban J connectivity index is 1.91. The maximum absolute atomic E-state index is 14.3. The summed E-state index contributed by atoms with van der Waals surface area (Å²) in [6, 6.07) is 0.527. The Morgan fingerprint density at radius 1 is 1.44 bits per heavy atom. The number of aliphatic imine (C=N–C) groups is 1. The molecular weight excluding hydrogens is 488 g/mol. The van der Waals surface area contributed by atoms with Crippen molar-refractivity contribution >= 4 is 39.0 Å². The van der Waals surface area contributed by atoms with Gasteiger partial charge in [0, 0.05) is 54.5 Å². The average Bonchev–Trinajstić information content (AvgIpc) is 3.39. The quantitative estimate of drug-likeness (QED) is 0.404. The molecule has 0 bridgehead atoms. The van der Waals surface area contributed by atoms with Crippen LogP contribution in [0.2, 0.25) is 5.02 Å². The second-order valence-corrected chi connectivity index (χ2v) is 9.72. The van der Waals surface area contributed by atoms with Gasteiger partial charge in [-0.1, -0.05) is 17.7 Å². The second-order valence-electron chi connectivity index (χ2n) is 7.12. The molecule has 3 atom stereocenters. The van der Waals surface area contributed by atoms with Crippen molar-refractivity contribution in [3.63, 3.8) is 0 Å². The standard InChI is InChI=1S/C18H18ClF2N5O4S2/c1-30-18(27)12-11-6-8(25-32(22,28)29)7-26(11)16(17-23-4-5-31-17)24-15(12)9-2-3-10(20)14(21)13(9)19/h2-5,8,15,18,25,27H,6-7H2,1H3,(H2,22,28,29)/t8-,15+,18?/m0/s1. The molecule has 0 saturated carbocycles. The maximum atomic E-state index is 14.3. The molecule has 0 aliphatic carbocycles. The number of hydrogen-bond acceptors (Lipinski definition) is 8. The number of nitrogens with two attached hydrogens (primary N) is 1. The lowest BCUT2D eigenvalue weighted by Crippen LogP contribution is -2.42. The smallest absolute Gasteiger partial charge is 0.274 e. The number of rotatable bonds is 6. The van der Waals surface area contributed by atoms with Gasteiger partial charge in [-0.05, 0) is 6.07 Å². The van der Waals surface area contributed by atoms with Gasteiger partial charge in [-0.3, -0.25) is 4.99 Å². The summed E-state index contributed by atoms with van der Waals surface area (Å²) in [5, 5.41) is 17.5. The first-order chi connectivity index (χ1) is 15.1. The summed E-state index contributed by atoms with van der Waals surface area (Å²) < 4.78 is 58.6. The van der Waals surface area contributed by atoms with Crippen molar-refractivity contribution in [2.45, 2.75) is 24.8 Å². The van der Waals surface area contributed by atoms with Crippen LogP contribution in [0.1, 0.15) is 23.0 Å². The van der Waals surface area contributed by atoms with Crippen LogP contribution in [0.3, 0.4) is 0 Å². The third kappa shape index (κ3) is 4.29. The van der Waals surface area contributed by atoms with Gasteiger partial charge in [-0.15, -0.1) is 11.3 Å². The van der Waals surface area contributed by atoms with Crippen LogP contribution in [0.4, 0.5) is 8.78 Å². The van der Waals surface area contributed by atoms with Gasteiger partial charge >= 0.3 is 0 Å². The zero-order chi connectivity index (χ0) is 23.2. The van der Waals surface area contributed by atoms with E-state index in [-0.39, 0.29) is 24.1 Å². The Labute approximate surface area is 191 Å². The predicted octanol–water partition coefficient (Wildman–Crippen LogP) is 1.66. The number of benzene rings is 1. The number of halogens is 3. The molecule has 2 aliphatic rings. The minimum absolute atomic E-state index is 0.112. The topological polar surface area (TPSA) is 130 Å². The molecule has 1 saturated heterocycles. The lowest BCUT2D eigenvalue weighted by atomic mass is 9.93. The summed E-state index contributed by atoms with van der Waals surface area (Å²) in [4.78, 5) is 10.6. The lowest BCUT2D eigenvalue weighted by molar-refractivity contribution is -0.0500. The van der Waals surface area contributed by atoms with E-state index in [0.29, 0.717) is 16.5 Å². The van der Waals surface area contributed by atoms with Gasteiger partial charge in [-0.2, -0.15) is 13.1 Å². The molecule has 32 heavy (non-hydrogen) atoms. The van der Waals surface area contributed by atoms with Crippen molar-refractivity contribution in [1.29, 1.82) is 0 Å². The second kappa shape index (κ2) is 8.74. The fraction of sp³-hybridized carbons (Fsp3) is 0.333. The van der Waals surface area contributed by atoms with Gasteiger partial charge in [0.05, 0.1) is 5.02 Å². The number of nitrogens with one attached hydrogen (secondary N) is 1. The van der Waals surface area contributed by atoms with E-state index in [4.69, 9.17) is 21.5 Å². The molecule has 2 aliphatic heterocycles. The molecule has 172 valence electrons. The Morgan fingerprint density at radius 2 is 2.19 bits per heavy atom. The van der Waals surface area contributed by atoms with Crippen LogP contribution in [0.25, 0.3) is 0 Å². The van der Waals surface area contributed by atoms with Crippen LogP contribution in [0.15, 0.2) is 40.0 Å². The predicted molar refractivity (Wildman–Crippen MR) is 114 cm³/mol. The van der Waals surface area contributed by atoms with E-state index in [2.05, 4.69) is 14.7 Å². The first kappa shape index (κ1) is 23.2. The third-order valence-corrected chi connectivity index (χ3v) is 6.92. The summed E-state index contributed by atoms with van der Waals surface area (Å²) in [7, 11) is -2.74. The van der Waals surface area contributed by atoms with E-state index < -0.39 is 45.2 Å². The Hall–Kier alpha value is -2.00. The van der Waals surface area contributed by atoms with Crippen LogP contribution in [0.5, 0.6) is 0 Å². The number of thiazole rings is 1. The Kier molecular flexibility index (Phi) is 6.33. The summed E-state index contributed by atoms with van der Waals surface area (Å²) in [5.41, 5.74) is 0.826. The summed E-state index contributed by atoms with van der Waals surface area (Å²) in [5.74, 6) is -2.00. The average molecular weight is 506 g/mol. The monoisotopic (exact) mass is 505 g/mol. The first-order valence-corrected chi connectivity index (χ1v) is 12.0. The molecular formula is C18H18ClF2N5O4S2. The SMILES string of the molecule is COC(O)C1=C2C[C@H](NS(N)(=O)=O)CN2C(c2nccs2)=N[C@@H]1c1ccc(F)c(F)c1Cl. The van der Waals surface area contributed by atoms with Gasteiger partial charge in [0.2, 0.25) is 0 Å². The van der Waals surface area contributed by atoms with Crippen LogP contribution in [-0.2, 0) is 14.9 Å². The molecule has 0 radical (unpaired) electrons. The van der Waals surface area contributed by atoms with Gasteiger partial charge in [0.1, 0.15) is 6.04 Å². The number of fused-ring (bicyclic) bond motifs is 1. The van der Waals surface area contributed by atoms with Crippen molar-refractivity contribution in [3.05, 3.63) is 62.2 Å². The highest BCUT2D eigenvalue weighted by Crippen LogP contribution is 2.44. The summed E-state index contributed by atoms with van der Waals surface area (Å²) in [6.45, 7) is 0.155. The number of hydrogen-bond donors (Lipinski definition) is 3. The fourth-order valence-electron chi connectivity index (χ4n) is 3.86. The zero-order valence-corrected chi connectivity index (χ0v) is 18.9. The minimum atomic E-state index is -4.01. The molecule has 3 heterocycles. The largest absolute Gasteiger partial charge is 0.364 e. The molecule has 1 aromatic heterocycles. The van der Waals surface area contributed by atoms with E-state index in [1.807, 2.05) is 0 Å². The number of nitrogens with zero attached hydrogens (tertiary/aromatic N) is 3. The maximum Gasteiger partial charge on any atom is 0.274 e. The number of amidine groups is 1. The highest BCUT2D eigenvalue weighted by Gasteiger charge is 2.42. The van der Waals surface area contributed by atoms with Crippen LogP contribution < -0.4 is 9.86 Å². The Bertz CT molecular complexity index is 1210. The number of methoxy groups -OCH3 is 1. The normalized spacial score (nSPS) is 22.2. The van der Waals surface area contributed by atoms with Gasteiger partial charge in [0.25, 0.3) is 10.2 Å². The van der Waals surface area contributed by atoms with E-state index in [1.54, 1.807) is 16.5 Å². The van der Waals surface area contributed by atoms with E-state index >= 15 is 0 Å². The number of aromatic nitrogens is 1. The number of aliphatic hydroxyl groups is 1. The molecule has 2 aromatic rings. The van der Waals surface area contributed by atoms with Crippen molar-refractivity contribution in [3.8, 4) is 0 Å². The molecule has 4 rings (SSSR count). The first-order valence-electron chi connectivity index (χ1n) is 9.23. The number of ether oxygens (including phenoxy) is 1. The molecule has 1 fully saturated rings. The van der Waals surface area contributed by atoms with E-state index in [9.17, 15) is 22.3 Å². The van der Waals surface area contributed by atoms with Crippen molar-refractivity contribution < 1.29 is 27.0 Å². The lowest BCUT2D eigenvalue weighted by Gasteiger charge is -2.34. The van der Waals surface area contributed by atoms with E-state index in [0.717, 1.165) is 6.07 Å². The van der Waals surface area contributed by atoms with Crippen LogP contribution >= 0.6 is 22.9 Å². The number of aliphatic hydroxyl groups excluding tert-OH is 1. The Morgan fingerprint density at radius 3 is 2.81 bits per heavy atom. The van der Waals surface area contributed by atoms with Crippen LogP contribution in [-0.4, -0.2) is 55.2 Å². The molecule has 4 N–H and O–H groups in total. The van der Waals surface area contributed by atoms with Crippen molar-refractivity contribution in [1.82, 2.24) is 14.6 Å². The van der Waals surface area contributed by atoms with E-state index in [1.165, 1.54) is 24.5 Å². The molecule has 0 amide bonds. The third-order valence-electron chi connectivity index (χ3n) is 5.11. The molecule has 0 spiro atoms. The molecule has 14 heteroatoms. The van der Waals surface area contributed by atoms with Crippen molar-refractivity contribution in [2.75, 3.05) is 13.7 Å². The molecule has 1 unspecified atom stereocenters. The van der Waals surface area contributed by atoms with Gasteiger partial charge in [0.15, 0.2) is 28.8 Å². The summed E-state index contributed by atoms with van der Waals surface area (Å²) in [6.07, 6.45) is 0.228. The highest BCUT2D eigenvalue weighted by molar-refractivity contribution is 7.87. The molecule has 1 aromatic carbocycles. The molecule has 9 nitrogen and oxygen atoms in total. The minimum Gasteiger partial charge on any atom is -0.364 e. The summed E-state index contributed by atoms with van der Waals surface area (Å²) >= 11 is 7.40. The highest BCUT2D eigenvalue weighted by atomic mass is 35.5. The zero-order valence-electron chi connectivity index (χ0n) is 16.5. The fourth-order valence-corrected chi connectivity index (χ4v) is 5.38. The van der Waals surface area contributed by atoms with Crippen molar-refractivity contribution in [2.24, 2.45) is 10.1 Å².